The van der Waals surface area contributed by atoms with Crippen LogP contribution in [0.1, 0.15) is 25.4 Å². The molecule has 0 N–H and O–H groups in total. The minimum atomic E-state index is -4.70. The Labute approximate surface area is 218 Å². The first-order chi connectivity index (χ1) is 19.1. The lowest BCUT2D eigenvalue weighted by atomic mass is 10.1. The average molecular weight is 526 g/mol. The Morgan fingerprint density at radius 2 is 1.97 bits per heavy atom. The summed E-state index contributed by atoms with van der Waals surface area (Å²) in [5.74, 6) is -2.23. The van der Waals surface area contributed by atoms with Crippen molar-refractivity contribution in [2.24, 2.45) is 6.98 Å². The fourth-order valence-corrected chi connectivity index (χ4v) is 4.05. The Morgan fingerprint density at radius 1 is 1.17 bits per heavy atom. The normalized spacial score (nSPS) is 16.8. The van der Waals surface area contributed by atoms with Crippen LogP contribution in [0.5, 0.6) is 5.88 Å². The maximum absolute atomic E-state index is 13.2. The van der Waals surface area contributed by atoms with Gasteiger partial charge in [0.2, 0.25) is 17.6 Å². The molecule has 0 atom stereocenters. The van der Waals surface area contributed by atoms with E-state index in [1.54, 1.807) is 30.3 Å². The summed E-state index contributed by atoms with van der Waals surface area (Å²) >= 11 is 0. The number of carbonyl (C=O) groups excluding carboxylic acids is 1. The van der Waals surface area contributed by atoms with Crippen molar-refractivity contribution in [3.8, 4) is 17.1 Å². The molecule has 9 nitrogen and oxygen atoms in total. The second-order valence-electron chi connectivity index (χ2n) is 7.63. The van der Waals surface area contributed by atoms with E-state index in [4.69, 9.17) is 13.0 Å². The van der Waals surface area contributed by atoms with Gasteiger partial charge in [-0.05, 0) is 11.6 Å². The Morgan fingerprint density at radius 3 is 2.69 bits per heavy atom. The number of halogens is 4. The molecular weight excluding hydrogens is 499 g/mol. The molecule has 0 saturated carbocycles. The van der Waals surface area contributed by atoms with E-state index in [0.29, 0.717) is 5.56 Å². The van der Waals surface area contributed by atoms with Crippen molar-refractivity contribution in [3.05, 3.63) is 59.9 Å². The molecule has 1 aliphatic rings. The molecule has 36 heavy (non-hydrogen) atoms. The Bertz CT molecular complexity index is 1650. The highest BCUT2D eigenvalue weighted by molar-refractivity contribution is 6.02. The van der Waals surface area contributed by atoms with E-state index in [2.05, 4.69) is 20.2 Å². The van der Waals surface area contributed by atoms with Crippen LogP contribution in [-0.4, -0.2) is 53.7 Å². The van der Waals surface area contributed by atoms with Gasteiger partial charge in [0.1, 0.15) is 12.0 Å². The zero-order valence-corrected chi connectivity index (χ0v) is 19.0. The highest BCUT2D eigenvalue weighted by Crippen LogP contribution is 2.37. The third-order valence-corrected chi connectivity index (χ3v) is 5.61. The average Bonchev–Trinajstić information content (AvgIpc) is 3.46. The van der Waals surface area contributed by atoms with E-state index in [-0.39, 0.29) is 60.2 Å². The number of benzene rings is 1. The van der Waals surface area contributed by atoms with E-state index >= 15 is 0 Å². The fraction of sp³-hybridized carbons (Fsp3) is 0.261. The molecule has 0 saturated heterocycles. The summed E-state index contributed by atoms with van der Waals surface area (Å²) in [6.45, 7) is -3.30. The fourth-order valence-electron chi connectivity index (χ4n) is 4.05. The van der Waals surface area contributed by atoms with Crippen LogP contribution in [0.2, 0.25) is 0 Å². The third-order valence-electron chi connectivity index (χ3n) is 5.61. The second kappa shape index (κ2) is 9.61. The molecule has 3 aromatic heterocycles. The van der Waals surface area contributed by atoms with Gasteiger partial charge < -0.3 is 18.8 Å². The number of aromatic nitrogens is 6. The second-order valence-corrected chi connectivity index (χ2v) is 7.63. The molecule has 1 amide bonds. The summed E-state index contributed by atoms with van der Waals surface area (Å²) in [7, 11) is -2.94. The molecule has 0 fully saturated rings. The highest BCUT2D eigenvalue weighted by Gasteiger charge is 2.39. The van der Waals surface area contributed by atoms with E-state index in [1.165, 1.54) is 11.0 Å². The topological polar surface area (TPSA) is 91.0 Å². The molecule has 4 heterocycles. The lowest BCUT2D eigenvalue weighted by Gasteiger charge is -2.27. The monoisotopic (exact) mass is 525 g/mol. The first-order valence-electron chi connectivity index (χ1n) is 13.3. The maximum atomic E-state index is 13.2. The van der Waals surface area contributed by atoms with Crippen LogP contribution in [-0.2, 0) is 31.0 Å². The summed E-state index contributed by atoms with van der Waals surface area (Å²) < 4.78 is 93.7. The van der Waals surface area contributed by atoms with E-state index in [9.17, 15) is 18.0 Å². The number of methoxy groups -OCH3 is 1. The number of amides is 1. The molecular formula is C23H21ClF3N7O2. The smallest absolute Gasteiger partial charge is 0.451 e. The Kier molecular flexibility index (Phi) is 4.90. The summed E-state index contributed by atoms with van der Waals surface area (Å²) in [5, 5.41) is 6.71. The first kappa shape index (κ1) is 18.4. The number of carbonyl (C=O) groups is 1. The van der Waals surface area contributed by atoms with E-state index in [0.717, 1.165) is 21.5 Å². The van der Waals surface area contributed by atoms with Crippen molar-refractivity contribution >= 4 is 35.4 Å². The van der Waals surface area contributed by atoms with E-state index in [1.807, 2.05) is 0 Å². The van der Waals surface area contributed by atoms with Gasteiger partial charge in [0.05, 0.1) is 28.8 Å². The quantitative estimate of drug-likeness (QED) is 0.377. The van der Waals surface area contributed by atoms with Gasteiger partial charge in [0.15, 0.2) is 5.82 Å². The van der Waals surface area contributed by atoms with Gasteiger partial charge in [-0.2, -0.15) is 13.2 Å². The number of hydrogen-bond donors (Lipinski definition) is 0. The zero-order valence-electron chi connectivity index (χ0n) is 24.2. The van der Waals surface area contributed by atoms with Crippen molar-refractivity contribution in [1.82, 2.24) is 34.2 Å². The van der Waals surface area contributed by atoms with Crippen LogP contribution in [0.4, 0.5) is 13.2 Å². The minimum Gasteiger partial charge on any atom is -0.480 e. The van der Waals surface area contributed by atoms with Crippen molar-refractivity contribution in [2.45, 2.75) is 19.3 Å². The molecule has 5 rings (SSSR count). The number of rotatable bonds is 4. The van der Waals surface area contributed by atoms with Crippen LogP contribution >= 0.6 is 12.4 Å². The highest BCUT2D eigenvalue weighted by atomic mass is 35.5. The summed E-state index contributed by atoms with van der Waals surface area (Å²) in [5.41, 5.74) is 0.444. The van der Waals surface area contributed by atoms with Crippen molar-refractivity contribution < 1.29 is 30.9 Å². The van der Waals surface area contributed by atoms with Gasteiger partial charge in [-0.25, -0.2) is 9.97 Å². The van der Waals surface area contributed by atoms with Gasteiger partial charge in [0.25, 0.3) is 0 Å². The lowest BCUT2D eigenvalue weighted by Crippen LogP contribution is -2.38. The standard InChI is InChI=1S/C23H20F3N7O2.ClH/c1-31-19(14-6-4-3-5-7-14)15(18-20(31)27-13-28-21(18)35-2)8-9-17(34)32-10-11-33-16(12-32)29-30-22(33)23(24,25)26;/h3-9,13H,10-12H2,1-2H3;1H/b9-8+;/i1D3,2D3;. The molecule has 188 valence electrons. The Hall–Kier alpha value is -3.93. The minimum absolute atomic E-state index is 0. The lowest BCUT2D eigenvalue weighted by molar-refractivity contribution is -0.148. The molecule has 0 spiro atoms. The molecule has 1 aliphatic heterocycles. The van der Waals surface area contributed by atoms with Crippen LogP contribution in [0.3, 0.4) is 0 Å². The van der Waals surface area contributed by atoms with Crippen LogP contribution < -0.4 is 4.74 Å². The maximum Gasteiger partial charge on any atom is 0.451 e. The molecule has 4 aromatic rings. The number of ether oxygens (including phenoxy) is 1. The largest absolute Gasteiger partial charge is 0.480 e. The predicted molar refractivity (Wildman–Crippen MR) is 127 cm³/mol. The number of nitrogens with zero attached hydrogens (tertiary/aromatic N) is 7. The summed E-state index contributed by atoms with van der Waals surface area (Å²) in [4.78, 5) is 22.4. The molecule has 0 radical (unpaired) electrons. The van der Waals surface area contributed by atoms with Crippen LogP contribution in [0, 0.1) is 0 Å². The van der Waals surface area contributed by atoms with Crippen molar-refractivity contribution in [3.63, 3.8) is 0 Å². The molecule has 0 bridgehead atoms. The van der Waals surface area contributed by atoms with Gasteiger partial charge >= 0.3 is 6.18 Å². The van der Waals surface area contributed by atoms with Crippen molar-refractivity contribution in [1.29, 1.82) is 0 Å². The van der Waals surface area contributed by atoms with E-state index < -0.39 is 37.8 Å². The number of hydrogen-bond acceptors (Lipinski definition) is 6. The SMILES string of the molecule is Cl.[2H]C([2H])([2H])Oc1ncnc2c1c(/C=C/C(=O)N1CCn3c(nnc3C(F)(F)F)C1)c(-c1ccccc1)n2C([2H])([2H])[2H]. The van der Waals surface area contributed by atoms with Crippen LogP contribution in [0.15, 0.2) is 42.7 Å². The first-order valence-corrected chi connectivity index (χ1v) is 10.3. The number of fused-ring (bicyclic) bond motifs is 2. The molecule has 0 aliphatic carbocycles. The molecule has 0 unspecified atom stereocenters. The zero-order chi connectivity index (χ0) is 29.7. The molecule has 1 aromatic carbocycles. The Balaban J connectivity index is 0.00000405. The van der Waals surface area contributed by atoms with Gasteiger partial charge in [-0.1, -0.05) is 30.3 Å². The van der Waals surface area contributed by atoms with Crippen molar-refractivity contribution in [2.75, 3.05) is 13.6 Å². The predicted octanol–water partition coefficient (Wildman–Crippen LogP) is 3.73. The third kappa shape index (κ3) is 4.28. The van der Waals surface area contributed by atoms with Gasteiger partial charge in [0, 0.05) is 35.8 Å². The van der Waals surface area contributed by atoms with Gasteiger partial charge in [-0.3, -0.25) is 4.79 Å². The summed E-state index contributed by atoms with van der Waals surface area (Å²) in [6, 6.07) is 8.30. The van der Waals surface area contributed by atoms with Gasteiger partial charge in [-0.15, -0.1) is 22.6 Å². The summed E-state index contributed by atoms with van der Waals surface area (Å²) in [6.07, 6.45) is -1.34. The molecule has 13 heteroatoms. The number of aryl methyl sites for hydroxylation is 1. The number of alkyl halides is 3. The van der Waals surface area contributed by atoms with Crippen LogP contribution in [0.25, 0.3) is 28.4 Å².